The van der Waals surface area contributed by atoms with E-state index in [1.165, 1.54) is 205 Å². The van der Waals surface area contributed by atoms with Crippen molar-refractivity contribution in [2.75, 3.05) is 13.2 Å². The Morgan fingerprint density at radius 3 is 1.18 bits per heavy atom. The van der Waals surface area contributed by atoms with Gasteiger partial charge in [-0.25, -0.2) is 0 Å². The fourth-order valence-electron chi connectivity index (χ4n) is 8.78. The molecule has 0 aliphatic heterocycles. The van der Waals surface area contributed by atoms with E-state index in [2.05, 4.69) is 55.6 Å². The molecule has 67 heavy (non-hydrogen) atoms. The minimum Gasteiger partial charge on any atom is -0.466 e. The van der Waals surface area contributed by atoms with E-state index < -0.39 is 12.1 Å². The maximum atomic E-state index is 12.4. The average molecular weight is 941 g/mol. The first-order valence-corrected chi connectivity index (χ1v) is 29.4. The van der Waals surface area contributed by atoms with Crippen LogP contribution in [0.5, 0.6) is 0 Å². The molecule has 6 heteroatoms. The van der Waals surface area contributed by atoms with Crippen LogP contribution in [0.15, 0.2) is 48.6 Å². The third-order valence-electron chi connectivity index (χ3n) is 13.3. The van der Waals surface area contributed by atoms with E-state index in [4.69, 9.17) is 4.74 Å². The number of hydrogen-bond acceptors (Lipinski definition) is 5. The first-order chi connectivity index (χ1) is 33.0. The molecule has 0 saturated carbocycles. The highest BCUT2D eigenvalue weighted by Crippen LogP contribution is 2.16. The molecule has 0 aromatic carbocycles. The van der Waals surface area contributed by atoms with Gasteiger partial charge in [0.05, 0.1) is 25.4 Å². The molecule has 0 bridgehead atoms. The molecule has 0 fully saturated rings. The van der Waals surface area contributed by atoms with Crippen molar-refractivity contribution < 1.29 is 24.5 Å². The Bertz CT molecular complexity index is 1130. The molecule has 0 spiro atoms. The molecule has 2 atom stereocenters. The molecule has 392 valence electrons. The van der Waals surface area contributed by atoms with Gasteiger partial charge in [-0.3, -0.25) is 9.59 Å². The van der Waals surface area contributed by atoms with Gasteiger partial charge in [-0.2, -0.15) is 0 Å². The molecular weight excluding hydrogens is 827 g/mol. The summed E-state index contributed by atoms with van der Waals surface area (Å²) < 4.78 is 5.48. The summed E-state index contributed by atoms with van der Waals surface area (Å²) in [4.78, 5) is 24.5. The lowest BCUT2D eigenvalue weighted by Crippen LogP contribution is -2.45. The highest BCUT2D eigenvalue weighted by Gasteiger charge is 2.18. The lowest BCUT2D eigenvalue weighted by Gasteiger charge is -2.20. The van der Waals surface area contributed by atoms with Crippen molar-refractivity contribution >= 4 is 11.9 Å². The maximum absolute atomic E-state index is 12.4. The molecule has 0 aliphatic carbocycles. The molecule has 0 heterocycles. The van der Waals surface area contributed by atoms with Crippen LogP contribution < -0.4 is 5.32 Å². The van der Waals surface area contributed by atoms with Crippen LogP contribution in [0.4, 0.5) is 0 Å². The van der Waals surface area contributed by atoms with E-state index in [1.54, 1.807) is 6.08 Å². The van der Waals surface area contributed by atoms with E-state index in [9.17, 15) is 19.8 Å². The number of aliphatic hydroxyl groups excluding tert-OH is 2. The van der Waals surface area contributed by atoms with Gasteiger partial charge in [0.1, 0.15) is 0 Å². The predicted octanol–water partition coefficient (Wildman–Crippen LogP) is 18.2. The summed E-state index contributed by atoms with van der Waals surface area (Å²) in [5.74, 6) is -0.0886. The van der Waals surface area contributed by atoms with Crippen molar-refractivity contribution in [1.82, 2.24) is 5.32 Å². The minimum absolute atomic E-state index is 0.00608. The fourth-order valence-corrected chi connectivity index (χ4v) is 8.78. The van der Waals surface area contributed by atoms with Gasteiger partial charge in [-0.1, -0.05) is 249 Å². The number of ether oxygens (including phenoxy) is 1. The Hall–Kier alpha value is -2.18. The Kier molecular flexibility index (Phi) is 54.6. The van der Waals surface area contributed by atoms with Crippen molar-refractivity contribution in [1.29, 1.82) is 0 Å². The largest absolute Gasteiger partial charge is 0.466 e. The van der Waals surface area contributed by atoms with Gasteiger partial charge in [-0.05, 0) is 89.9 Å². The lowest BCUT2D eigenvalue weighted by molar-refractivity contribution is -0.143. The number of amides is 1. The topological polar surface area (TPSA) is 95.9 Å². The van der Waals surface area contributed by atoms with E-state index in [0.717, 1.165) is 70.6 Å². The number of unbranched alkanes of at least 4 members (excludes halogenated alkanes) is 37. The van der Waals surface area contributed by atoms with Gasteiger partial charge < -0.3 is 20.3 Å². The molecule has 3 N–H and O–H groups in total. The number of rotatable bonds is 54. The zero-order valence-electron chi connectivity index (χ0n) is 44.6. The quantitative estimate of drug-likeness (QED) is 0.0321. The van der Waals surface area contributed by atoms with Crippen LogP contribution in [0.2, 0.25) is 0 Å². The monoisotopic (exact) mass is 940 g/mol. The Labute approximate surface area is 416 Å². The molecule has 0 aromatic rings. The first kappa shape index (κ1) is 64.8. The lowest BCUT2D eigenvalue weighted by atomic mass is 10.0. The second kappa shape index (κ2) is 56.4. The molecule has 0 aliphatic rings. The van der Waals surface area contributed by atoms with Crippen molar-refractivity contribution in [3.63, 3.8) is 0 Å². The third kappa shape index (κ3) is 53.0. The Balaban J connectivity index is 3.48. The van der Waals surface area contributed by atoms with Crippen LogP contribution in [-0.2, 0) is 14.3 Å². The summed E-state index contributed by atoms with van der Waals surface area (Å²) in [5.41, 5.74) is 0. The van der Waals surface area contributed by atoms with Gasteiger partial charge in [0.2, 0.25) is 5.91 Å². The summed E-state index contributed by atoms with van der Waals surface area (Å²) in [6.45, 7) is 4.86. The minimum atomic E-state index is -0.854. The second-order valence-electron chi connectivity index (χ2n) is 20.0. The van der Waals surface area contributed by atoms with Crippen LogP contribution in [0, 0.1) is 0 Å². The van der Waals surface area contributed by atoms with Gasteiger partial charge in [-0.15, -0.1) is 0 Å². The summed E-state index contributed by atoms with van der Waals surface area (Å²) in [6.07, 6.45) is 71.3. The zero-order valence-corrected chi connectivity index (χ0v) is 44.6. The van der Waals surface area contributed by atoms with E-state index in [1.807, 2.05) is 6.08 Å². The smallest absolute Gasteiger partial charge is 0.305 e. The Morgan fingerprint density at radius 2 is 0.746 bits per heavy atom. The van der Waals surface area contributed by atoms with Crippen LogP contribution in [-0.4, -0.2) is 47.4 Å². The van der Waals surface area contributed by atoms with Gasteiger partial charge in [0.25, 0.3) is 0 Å². The summed E-state index contributed by atoms with van der Waals surface area (Å²) in [6, 6.07) is -0.639. The standard InChI is InChI=1S/C61H113NO5/c1-3-5-7-9-11-13-15-17-19-22-27-31-35-39-43-47-51-55-61(66)67-56-52-48-44-40-36-32-28-24-21-20-23-26-30-34-38-42-46-50-54-60(65)62-58(57-63)59(64)53-49-45-41-37-33-29-25-18-16-14-12-10-8-6-4-2/h11,13,17,19,23,26,49,53,58-59,63-64H,3-10,12,14-16,18,20-22,24-25,27-48,50-52,54-57H2,1-2H3,(H,62,65)/b13-11-,19-17-,26-23-,53-49+. The highest BCUT2D eigenvalue weighted by atomic mass is 16.5. The summed E-state index contributed by atoms with van der Waals surface area (Å²) in [7, 11) is 0. The highest BCUT2D eigenvalue weighted by molar-refractivity contribution is 5.76. The van der Waals surface area contributed by atoms with E-state index >= 15 is 0 Å². The van der Waals surface area contributed by atoms with Crippen LogP contribution in [0.25, 0.3) is 0 Å². The number of nitrogens with one attached hydrogen (secondary N) is 1. The zero-order chi connectivity index (χ0) is 48.6. The van der Waals surface area contributed by atoms with Crippen molar-refractivity contribution in [2.24, 2.45) is 0 Å². The number of carbonyl (C=O) groups excluding carboxylic acids is 2. The molecule has 2 unspecified atom stereocenters. The van der Waals surface area contributed by atoms with Crippen molar-refractivity contribution in [3.05, 3.63) is 48.6 Å². The molecule has 6 nitrogen and oxygen atoms in total. The van der Waals surface area contributed by atoms with Crippen molar-refractivity contribution in [2.45, 2.75) is 315 Å². The van der Waals surface area contributed by atoms with Crippen LogP contribution in [0.1, 0.15) is 303 Å². The molecule has 0 saturated heterocycles. The normalized spacial score (nSPS) is 13.0. The average Bonchev–Trinajstić information content (AvgIpc) is 3.33. The number of carbonyl (C=O) groups is 2. The molecular formula is C61H113NO5. The van der Waals surface area contributed by atoms with Crippen LogP contribution in [0.3, 0.4) is 0 Å². The van der Waals surface area contributed by atoms with E-state index in [0.29, 0.717) is 19.4 Å². The molecule has 0 aromatic heterocycles. The van der Waals surface area contributed by atoms with Crippen molar-refractivity contribution in [3.8, 4) is 0 Å². The van der Waals surface area contributed by atoms with Gasteiger partial charge >= 0.3 is 5.97 Å². The third-order valence-corrected chi connectivity index (χ3v) is 13.3. The van der Waals surface area contributed by atoms with Gasteiger partial charge in [0, 0.05) is 12.8 Å². The number of hydrogen-bond donors (Lipinski definition) is 3. The predicted molar refractivity (Wildman–Crippen MR) is 292 cm³/mol. The Morgan fingerprint density at radius 1 is 0.418 bits per heavy atom. The van der Waals surface area contributed by atoms with Crippen LogP contribution >= 0.6 is 0 Å². The van der Waals surface area contributed by atoms with Gasteiger partial charge in [0.15, 0.2) is 0 Å². The number of esters is 1. The summed E-state index contributed by atoms with van der Waals surface area (Å²) in [5, 5.41) is 23.1. The molecule has 1 amide bonds. The molecule has 0 rings (SSSR count). The van der Waals surface area contributed by atoms with E-state index in [-0.39, 0.29) is 18.5 Å². The molecule has 0 radical (unpaired) electrons. The second-order valence-corrected chi connectivity index (χ2v) is 20.0. The SMILES string of the molecule is CCCCC/C=C\C/C=C\CCCCCCCCCC(=O)OCCCCCCCCCCC/C=C\CCCCCCCC(=O)NC(CO)C(O)/C=C/CCCCCCCCCCCCCCC. The fraction of sp³-hybridized carbons (Fsp3) is 0.836. The number of allylic oxidation sites excluding steroid dienone is 7. The number of aliphatic hydroxyl groups is 2. The maximum Gasteiger partial charge on any atom is 0.305 e. The first-order valence-electron chi connectivity index (χ1n) is 29.4. The summed E-state index contributed by atoms with van der Waals surface area (Å²) >= 11 is 0.